The zero-order valence-corrected chi connectivity index (χ0v) is 16.5. The zero-order chi connectivity index (χ0) is 21.7. The Labute approximate surface area is 173 Å². The lowest BCUT2D eigenvalue weighted by atomic mass is 9.77. The van der Waals surface area contributed by atoms with Crippen molar-refractivity contribution in [3.8, 4) is 23.0 Å². The Morgan fingerprint density at radius 2 is 1.53 bits per heavy atom. The van der Waals surface area contributed by atoms with Crippen molar-refractivity contribution >= 4 is 0 Å². The van der Waals surface area contributed by atoms with Crippen molar-refractivity contribution in [2.45, 2.75) is 50.6 Å². The van der Waals surface area contributed by atoms with Gasteiger partial charge in [0.15, 0.2) is 0 Å². The third kappa shape index (κ3) is 5.72. The van der Waals surface area contributed by atoms with Gasteiger partial charge >= 0.3 is 6.18 Å². The lowest BCUT2D eigenvalue weighted by Crippen LogP contribution is -2.13. The van der Waals surface area contributed by atoms with Gasteiger partial charge in [-0.15, -0.1) is 6.58 Å². The molecule has 1 aliphatic carbocycles. The number of alkyl halides is 3. The molecule has 1 saturated carbocycles. The van der Waals surface area contributed by atoms with E-state index in [9.17, 15) is 22.0 Å². The van der Waals surface area contributed by atoms with Crippen LogP contribution in [0.4, 0.5) is 22.0 Å². The van der Waals surface area contributed by atoms with Crippen molar-refractivity contribution < 1.29 is 22.0 Å². The van der Waals surface area contributed by atoms with Gasteiger partial charge in [-0.3, -0.25) is 0 Å². The van der Waals surface area contributed by atoms with Crippen LogP contribution < -0.4 is 0 Å². The summed E-state index contributed by atoms with van der Waals surface area (Å²) in [6.45, 7) is 3.78. The molecule has 158 valence electrons. The molecule has 2 aromatic rings. The van der Waals surface area contributed by atoms with Crippen molar-refractivity contribution in [3.05, 3.63) is 71.8 Å². The monoisotopic (exact) mass is 418 g/mol. The van der Waals surface area contributed by atoms with Gasteiger partial charge < -0.3 is 0 Å². The molecule has 0 unspecified atom stereocenters. The van der Waals surface area contributed by atoms with Crippen LogP contribution in [0.25, 0.3) is 11.1 Å². The second kappa shape index (κ2) is 9.47. The van der Waals surface area contributed by atoms with Gasteiger partial charge in [-0.05, 0) is 79.2 Å². The summed E-state index contributed by atoms with van der Waals surface area (Å²) in [6.07, 6.45) is 4.03. The first-order chi connectivity index (χ1) is 14.3. The first-order valence-electron chi connectivity index (χ1n) is 10.1. The van der Waals surface area contributed by atoms with E-state index in [0.717, 1.165) is 43.2 Å². The molecule has 0 atom stereocenters. The van der Waals surface area contributed by atoms with Crippen LogP contribution in [0.1, 0.15) is 55.6 Å². The van der Waals surface area contributed by atoms with E-state index in [4.69, 9.17) is 0 Å². The molecule has 0 bridgehead atoms. The molecule has 0 radical (unpaired) electrons. The molecule has 0 aliphatic heterocycles. The van der Waals surface area contributed by atoms with E-state index in [0.29, 0.717) is 11.5 Å². The summed E-state index contributed by atoms with van der Waals surface area (Å²) in [6, 6.07) is 9.57. The van der Waals surface area contributed by atoms with Gasteiger partial charge in [0.25, 0.3) is 0 Å². The van der Waals surface area contributed by atoms with Gasteiger partial charge in [0.05, 0.1) is 5.56 Å². The standard InChI is InChI=1S/C25H23F5/c1-2-3-4-17-5-7-18(8-6-17)19-9-11-20(12-10-19)21-15-23(26)22(24(27)16-21)13-14-25(28,29)30/h2,9-12,15-18H,1,3-8H2. The SMILES string of the molecule is C=CCCC1CCC(c2ccc(-c3cc(F)c(C#CC(F)(F)F)c(F)c3)cc2)CC1. The molecule has 0 heterocycles. The van der Waals surface area contributed by atoms with Crippen LogP contribution in [0.5, 0.6) is 0 Å². The fourth-order valence-corrected chi connectivity index (χ4v) is 4.08. The molecule has 1 fully saturated rings. The Bertz CT molecular complexity index is 913. The molecule has 5 heteroatoms. The number of rotatable bonds is 5. The van der Waals surface area contributed by atoms with Gasteiger partial charge in [-0.25, -0.2) is 8.78 Å². The minimum Gasteiger partial charge on any atom is -0.205 e. The van der Waals surface area contributed by atoms with E-state index in [2.05, 4.69) is 6.58 Å². The first-order valence-corrected chi connectivity index (χ1v) is 10.1. The molecule has 0 amide bonds. The fourth-order valence-electron chi connectivity index (χ4n) is 4.08. The van der Waals surface area contributed by atoms with Gasteiger partial charge in [0, 0.05) is 5.92 Å². The summed E-state index contributed by atoms with van der Waals surface area (Å²) in [7, 11) is 0. The molecule has 0 spiro atoms. The molecule has 0 nitrogen and oxygen atoms in total. The molecule has 2 aromatic carbocycles. The normalized spacial score (nSPS) is 19.1. The van der Waals surface area contributed by atoms with Gasteiger partial charge in [0.2, 0.25) is 0 Å². The Hall–Kier alpha value is -2.61. The van der Waals surface area contributed by atoms with E-state index in [1.54, 1.807) is 12.1 Å². The van der Waals surface area contributed by atoms with Crippen molar-refractivity contribution in [2.75, 3.05) is 0 Å². The third-order valence-corrected chi connectivity index (χ3v) is 5.71. The Morgan fingerprint density at radius 1 is 0.933 bits per heavy atom. The number of hydrogen-bond acceptors (Lipinski definition) is 0. The van der Waals surface area contributed by atoms with Crippen LogP contribution in [-0.4, -0.2) is 6.18 Å². The summed E-state index contributed by atoms with van der Waals surface area (Å²) in [5.41, 5.74) is 1.20. The minimum absolute atomic E-state index is 0.266. The van der Waals surface area contributed by atoms with Crippen LogP contribution in [0.15, 0.2) is 49.1 Å². The summed E-state index contributed by atoms with van der Waals surface area (Å²) in [5.74, 6) is 1.46. The van der Waals surface area contributed by atoms with Crippen LogP contribution in [0.2, 0.25) is 0 Å². The van der Waals surface area contributed by atoms with Crippen LogP contribution in [0.3, 0.4) is 0 Å². The third-order valence-electron chi connectivity index (χ3n) is 5.71. The first kappa shape index (κ1) is 22.1. The smallest absolute Gasteiger partial charge is 0.205 e. The highest BCUT2D eigenvalue weighted by atomic mass is 19.4. The average Bonchev–Trinajstić information content (AvgIpc) is 2.71. The quantitative estimate of drug-likeness (QED) is 0.264. The highest BCUT2D eigenvalue weighted by Crippen LogP contribution is 2.38. The van der Waals surface area contributed by atoms with E-state index < -0.39 is 23.4 Å². The van der Waals surface area contributed by atoms with Crippen molar-refractivity contribution in [1.82, 2.24) is 0 Å². The maximum atomic E-state index is 14.2. The lowest BCUT2D eigenvalue weighted by molar-refractivity contribution is -0.0696. The van der Waals surface area contributed by atoms with E-state index in [1.807, 2.05) is 18.2 Å². The Balaban J connectivity index is 1.72. The number of hydrogen-bond donors (Lipinski definition) is 0. The van der Waals surface area contributed by atoms with Gasteiger partial charge in [-0.1, -0.05) is 36.3 Å². The topological polar surface area (TPSA) is 0 Å². The second-order valence-electron chi connectivity index (χ2n) is 7.77. The molecule has 3 rings (SSSR count). The molecule has 0 N–H and O–H groups in total. The highest BCUT2D eigenvalue weighted by molar-refractivity contribution is 5.65. The number of halogens is 5. The van der Waals surface area contributed by atoms with Crippen LogP contribution in [0, 0.1) is 29.4 Å². The number of allylic oxidation sites excluding steroid dienone is 1. The van der Waals surface area contributed by atoms with Gasteiger partial charge in [0.1, 0.15) is 11.6 Å². The highest BCUT2D eigenvalue weighted by Gasteiger charge is 2.24. The molecule has 30 heavy (non-hydrogen) atoms. The Kier molecular flexibility index (Phi) is 6.97. The van der Waals surface area contributed by atoms with E-state index in [1.165, 1.54) is 30.7 Å². The summed E-state index contributed by atoms with van der Waals surface area (Å²) < 4.78 is 64.9. The zero-order valence-electron chi connectivity index (χ0n) is 16.5. The molecule has 1 aliphatic rings. The summed E-state index contributed by atoms with van der Waals surface area (Å²) >= 11 is 0. The summed E-state index contributed by atoms with van der Waals surface area (Å²) in [4.78, 5) is 0. The average molecular weight is 418 g/mol. The fraction of sp³-hybridized carbons (Fsp3) is 0.360. The van der Waals surface area contributed by atoms with Crippen LogP contribution in [-0.2, 0) is 0 Å². The molecule has 0 aromatic heterocycles. The van der Waals surface area contributed by atoms with Crippen LogP contribution >= 0.6 is 0 Å². The van der Waals surface area contributed by atoms with E-state index in [-0.39, 0.29) is 5.56 Å². The lowest BCUT2D eigenvalue weighted by Gasteiger charge is -2.28. The summed E-state index contributed by atoms with van der Waals surface area (Å²) in [5, 5.41) is 0. The maximum Gasteiger partial charge on any atom is 0.458 e. The van der Waals surface area contributed by atoms with Crippen molar-refractivity contribution in [2.24, 2.45) is 5.92 Å². The largest absolute Gasteiger partial charge is 0.458 e. The van der Waals surface area contributed by atoms with Gasteiger partial charge in [-0.2, -0.15) is 13.2 Å². The molecule has 0 saturated heterocycles. The molecular formula is C25H23F5. The van der Waals surface area contributed by atoms with E-state index >= 15 is 0 Å². The Morgan fingerprint density at radius 3 is 2.07 bits per heavy atom. The van der Waals surface area contributed by atoms with Crippen molar-refractivity contribution in [3.63, 3.8) is 0 Å². The maximum absolute atomic E-state index is 14.2. The predicted molar refractivity (Wildman–Crippen MR) is 109 cm³/mol. The minimum atomic E-state index is -4.81. The second-order valence-corrected chi connectivity index (χ2v) is 7.77. The number of benzene rings is 2. The molecular weight excluding hydrogens is 395 g/mol. The predicted octanol–water partition coefficient (Wildman–Crippen LogP) is 7.79. The van der Waals surface area contributed by atoms with Crippen molar-refractivity contribution in [1.29, 1.82) is 0 Å².